The number of hydrogen-bond donors (Lipinski definition) is 1. The van der Waals surface area contributed by atoms with Gasteiger partial charge in [0.15, 0.2) is 0 Å². The van der Waals surface area contributed by atoms with Crippen LogP contribution in [0.3, 0.4) is 0 Å². The van der Waals surface area contributed by atoms with Crippen LogP contribution >= 0.6 is 11.3 Å². The fraction of sp³-hybridized carbons (Fsp3) is 0.667. The maximum absolute atomic E-state index is 9.66. The first-order chi connectivity index (χ1) is 6.36. The van der Waals surface area contributed by atoms with E-state index in [1.165, 1.54) is 0 Å². The molecule has 0 radical (unpaired) electrons. The van der Waals surface area contributed by atoms with Crippen LogP contribution in [0.4, 0.5) is 0 Å². The van der Waals surface area contributed by atoms with Gasteiger partial charge in [-0.2, -0.15) is 0 Å². The summed E-state index contributed by atoms with van der Waals surface area (Å²) in [5.74, 6) is 0.232. The van der Waals surface area contributed by atoms with E-state index in [0.717, 1.165) is 18.5 Å². The zero-order chi connectivity index (χ0) is 9.10. The third-order valence-electron chi connectivity index (χ3n) is 2.39. The number of aliphatic hydroxyl groups excluding tert-OH is 1. The van der Waals surface area contributed by atoms with Gasteiger partial charge in [-0.1, -0.05) is 0 Å². The Morgan fingerprint density at radius 1 is 1.69 bits per heavy atom. The van der Waals surface area contributed by atoms with Crippen LogP contribution in [0.1, 0.15) is 12.1 Å². The molecule has 2 atom stereocenters. The van der Waals surface area contributed by atoms with Crippen molar-refractivity contribution in [3.63, 3.8) is 0 Å². The SMILES string of the molecule is OC1CCOCC1Cc1cscn1. The predicted octanol–water partition coefficient (Wildman–Crippen LogP) is 1.08. The van der Waals surface area contributed by atoms with Crippen molar-refractivity contribution in [3.8, 4) is 0 Å². The minimum Gasteiger partial charge on any atom is -0.393 e. The van der Waals surface area contributed by atoms with Crippen LogP contribution in [-0.2, 0) is 11.2 Å². The molecule has 0 bridgehead atoms. The summed E-state index contributed by atoms with van der Waals surface area (Å²) in [6.07, 6.45) is 1.38. The summed E-state index contributed by atoms with van der Waals surface area (Å²) < 4.78 is 5.32. The smallest absolute Gasteiger partial charge is 0.0794 e. The Balaban J connectivity index is 1.93. The van der Waals surface area contributed by atoms with Crippen molar-refractivity contribution < 1.29 is 9.84 Å². The van der Waals surface area contributed by atoms with Gasteiger partial charge >= 0.3 is 0 Å². The standard InChI is InChI=1S/C9H13NO2S/c11-9-1-2-12-4-7(9)3-8-5-13-6-10-8/h5-7,9,11H,1-4H2. The highest BCUT2D eigenvalue weighted by atomic mass is 32.1. The van der Waals surface area contributed by atoms with Gasteiger partial charge in [-0.05, 0) is 12.8 Å². The lowest BCUT2D eigenvalue weighted by Gasteiger charge is -2.26. The molecule has 72 valence electrons. The summed E-state index contributed by atoms with van der Waals surface area (Å²) in [6, 6.07) is 0. The van der Waals surface area contributed by atoms with Crippen molar-refractivity contribution in [1.29, 1.82) is 0 Å². The Morgan fingerprint density at radius 3 is 3.31 bits per heavy atom. The van der Waals surface area contributed by atoms with Crippen LogP contribution in [0, 0.1) is 5.92 Å². The normalized spacial score (nSPS) is 29.0. The molecule has 1 saturated heterocycles. The number of nitrogens with zero attached hydrogens (tertiary/aromatic N) is 1. The molecular weight excluding hydrogens is 186 g/mol. The molecule has 2 unspecified atom stereocenters. The lowest BCUT2D eigenvalue weighted by Crippen LogP contribution is -2.33. The van der Waals surface area contributed by atoms with Gasteiger partial charge in [-0.25, -0.2) is 4.98 Å². The quantitative estimate of drug-likeness (QED) is 0.775. The summed E-state index contributed by atoms with van der Waals surface area (Å²) in [6.45, 7) is 1.35. The Kier molecular flexibility index (Phi) is 2.93. The topological polar surface area (TPSA) is 42.4 Å². The van der Waals surface area contributed by atoms with Crippen molar-refractivity contribution in [1.82, 2.24) is 4.98 Å². The molecular formula is C9H13NO2S. The number of thiazole rings is 1. The van der Waals surface area contributed by atoms with E-state index in [2.05, 4.69) is 4.98 Å². The van der Waals surface area contributed by atoms with Crippen LogP contribution in [0.15, 0.2) is 10.9 Å². The van der Waals surface area contributed by atoms with E-state index in [0.29, 0.717) is 13.2 Å². The van der Waals surface area contributed by atoms with Gasteiger partial charge in [-0.15, -0.1) is 11.3 Å². The molecule has 2 heterocycles. The van der Waals surface area contributed by atoms with Gasteiger partial charge in [0.25, 0.3) is 0 Å². The van der Waals surface area contributed by atoms with Crippen LogP contribution in [0.25, 0.3) is 0 Å². The molecule has 3 nitrogen and oxygen atoms in total. The molecule has 0 saturated carbocycles. The molecule has 1 aliphatic heterocycles. The maximum atomic E-state index is 9.66. The van der Waals surface area contributed by atoms with Crippen molar-refractivity contribution in [2.24, 2.45) is 5.92 Å². The third-order valence-corrected chi connectivity index (χ3v) is 3.02. The second kappa shape index (κ2) is 4.17. The number of rotatable bonds is 2. The lowest BCUT2D eigenvalue weighted by molar-refractivity contribution is -0.0353. The highest BCUT2D eigenvalue weighted by molar-refractivity contribution is 7.07. The van der Waals surface area contributed by atoms with E-state index in [4.69, 9.17) is 4.74 Å². The fourth-order valence-corrected chi connectivity index (χ4v) is 2.16. The van der Waals surface area contributed by atoms with E-state index in [9.17, 15) is 5.11 Å². The monoisotopic (exact) mass is 199 g/mol. The molecule has 2 rings (SSSR count). The van der Waals surface area contributed by atoms with Crippen LogP contribution < -0.4 is 0 Å². The van der Waals surface area contributed by atoms with Gasteiger partial charge in [0, 0.05) is 17.9 Å². The summed E-state index contributed by atoms with van der Waals surface area (Å²) in [5.41, 5.74) is 2.89. The first kappa shape index (κ1) is 9.12. The zero-order valence-electron chi connectivity index (χ0n) is 7.35. The molecule has 13 heavy (non-hydrogen) atoms. The van der Waals surface area contributed by atoms with Gasteiger partial charge in [0.2, 0.25) is 0 Å². The maximum Gasteiger partial charge on any atom is 0.0794 e. The van der Waals surface area contributed by atoms with Crippen molar-refractivity contribution >= 4 is 11.3 Å². The van der Waals surface area contributed by atoms with E-state index < -0.39 is 0 Å². The number of aliphatic hydroxyl groups is 1. The van der Waals surface area contributed by atoms with Crippen molar-refractivity contribution in [3.05, 3.63) is 16.6 Å². The van der Waals surface area contributed by atoms with Crippen molar-refractivity contribution in [2.45, 2.75) is 18.9 Å². The van der Waals surface area contributed by atoms with Gasteiger partial charge in [0.05, 0.1) is 23.9 Å². The third kappa shape index (κ3) is 2.27. The Hall–Kier alpha value is -0.450. The van der Waals surface area contributed by atoms with Crippen LogP contribution in [0.5, 0.6) is 0 Å². The molecule has 0 aliphatic carbocycles. The average molecular weight is 199 g/mol. The van der Waals surface area contributed by atoms with E-state index in [-0.39, 0.29) is 12.0 Å². The van der Waals surface area contributed by atoms with E-state index >= 15 is 0 Å². The molecule has 1 aromatic rings. The summed E-state index contributed by atoms with van der Waals surface area (Å²) >= 11 is 1.60. The summed E-state index contributed by atoms with van der Waals surface area (Å²) in [5, 5.41) is 11.7. The summed E-state index contributed by atoms with van der Waals surface area (Å²) in [4.78, 5) is 4.20. The Bertz CT molecular complexity index is 250. The summed E-state index contributed by atoms with van der Waals surface area (Å²) in [7, 11) is 0. The molecule has 1 fully saturated rings. The van der Waals surface area contributed by atoms with Crippen molar-refractivity contribution in [2.75, 3.05) is 13.2 Å². The van der Waals surface area contributed by atoms with E-state index in [1.807, 2.05) is 10.9 Å². The Labute approximate surface area is 81.4 Å². The Morgan fingerprint density at radius 2 is 2.62 bits per heavy atom. The van der Waals surface area contributed by atoms with Gasteiger partial charge < -0.3 is 9.84 Å². The van der Waals surface area contributed by atoms with Crippen LogP contribution in [0.2, 0.25) is 0 Å². The highest BCUT2D eigenvalue weighted by Gasteiger charge is 2.24. The van der Waals surface area contributed by atoms with Crippen LogP contribution in [-0.4, -0.2) is 29.4 Å². The zero-order valence-corrected chi connectivity index (χ0v) is 8.17. The highest BCUT2D eigenvalue weighted by Crippen LogP contribution is 2.19. The molecule has 0 aromatic carbocycles. The fourth-order valence-electron chi connectivity index (χ4n) is 1.59. The number of ether oxygens (including phenoxy) is 1. The second-order valence-corrected chi connectivity index (χ2v) is 4.09. The molecule has 1 N–H and O–H groups in total. The largest absolute Gasteiger partial charge is 0.393 e. The minimum atomic E-state index is -0.213. The molecule has 4 heteroatoms. The first-order valence-electron chi connectivity index (χ1n) is 4.49. The predicted molar refractivity (Wildman–Crippen MR) is 50.8 cm³/mol. The van der Waals surface area contributed by atoms with Gasteiger partial charge in [-0.3, -0.25) is 0 Å². The second-order valence-electron chi connectivity index (χ2n) is 3.37. The number of aromatic nitrogens is 1. The number of hydrogen-bond acceptors (Lipinski definition) is 4. The molecule has 0 amide bonds. The van der Waals surface area contributed by atoms with E-state index in [1.54, 1.807) is 11.3 Å². The first-order valence-corrected chi connectivity index (χ1v) is 5.43. The minimum absolute atomic E-state index is 0.213. The lowest BCUT2D eigenvalue weighted by atomic mass is 9.94. The molecule has 1 aliphatic rings. The average Bonchev–Trinajstić information content (AvgIpc) is 2.61. The molecule has 1 aromatic heterocycles. The molecule has 0 spiro atoms. The van der Waals surface area contributed by atoms with Gasteiger partial charge in [0.1, 0.15) is 0 Å².